The Bertz CT molecular complexity index is 1340. The SMILES string of the molecule is NC(=O)CCC(NC(=O)C(N)Cc1ccc(O)cc1)C(=O)NC(Cc1cnc[nH]1)C(=O)NC(Cc1cnc[nH]1)C(=O)O. The van der Waals surface area contributed by atoms with Crippen LogP contribution in [-0.4, -0.2) is 83.9 Å². The van der Waals surface area contributed by atoms with Gasteiger partial charge in [-0.05, 0) is 30.5 Å². The smallest absolute Gasteiger partial charge is 0.326 e. The first-order chi connectivity index (χ1) is 20.0. The number of aliphatic carboxylic acids is 1. The van der Waals surface area contributed by atoms with Crippen molar-refractivity contribution in [3.8, 4) is 5.75 Å². The van der Waals surface area contributed by atoms with Crippen LogP contribution in [0, 0.1) is 0 Å². The van der Waals surface area contributed by atoms with Gasteiger partial charge < -0.3 is 47.6 Å². The summed E-state index contributed by atoms with van der Waals surface area (Å²) in [4.78, 5) is 76.1. The van der Waals surface area contributed by atoms with E-state index >= 15 is 0 Å². The maximum absolute atomic E-state index is 13.3. The predicted molar refractivity (Wildman–Crippen MR) is 146 cm³/mol. The lowest BCUT2D eigenvalue weighted by Gasteiger charge is -2.25. The number of carboxylic acid groups (broad SMARTS) is 1. The van der Waals surface area contributed by atoms with E-state index in [1.807, 2.05) is 0 Å². The molecule has 16 nitrogen and oxygen atoms in total. The number of primary amides is 1. The van der Waals surface area contributed by atoms with E-state index in [0.717, 1.165) is 0 Å². The average Bonchev–Trinajstić information content (AvgIpc) is 3.65. The van der Waals surface area contributed by atoms with E-state index < -0.39 is 53.8 Å². The lowest BCUT2D eigenvalue weighted by atomic mass is 10.0. The Morgan fingerprint density at radius 1 is 0.786 bits per heavy atom. The molecule has 0 bridgehead atoms. The van der Waals surface area contributed by atoms with Crippen molar-refractivity contribution in [1.29, 1.82) is 0 Å². The molecule has 42 heavy (non-hydrogen) atoms. The Hall–Kier alpha value is -5.25. The van der Waals surface area contributed by atoms with Gasteiger partial charge in [-0.25, -0.2) is 14.8 Å². The number of aromatic hydroxyl groups is 1. The molecule has 0 aliphatic heterocycles. The van der Waals surface area contributed by atoms with Crippen molar-refractivity contribution in [3.63, 3.8) is 0 Å². The molecule has 4 unspecified atom stereocenters. The summed E-state index contributed by atoms with van der Waals surface area (Å²) in [6.45, 7) is 0. The number of aromatic amines is 2. The fraction of sp³-hybridized carbons (Fsp3) is 0.346. The first-order valence-corrected chi connectivity index (χ1v) is 12.9. The number of rotatable bonds is 16. The number of phenolic OH excluding ortho intramolecular Hbond substituents is 1. The highest BCUT2D eigenvalue weighted by molar-refractivity contribution is 5.94. The number of carbonyl (C=O) groups excluding carboxylic acids is 4. The van der Waals surface area contributed by atoms with Crippen LogP contribution < -0.4 is 27.4 Å². The number of nitrogens with two attached hydrogens (primary N) is 2. The number of nitrogens with zero attached hydrogens (tertiary/aromatic N) is 2. The first kappa shape index (κ1) is 31.3. The van der Waals surface area contributed by atoms with Gasteiger partial charge in [0, 0.05) is 43.0 Å². The molecule has 3 aromatic rings. The molecule has 0 saturated heterocycles. The third-order valence-corrected chi connectivity index (χ3v) is 6.25. The fourth-order valence-electron chi connectivity index (χ4n) is 4.00. The van der Waals surface area contributed by atoms with Crippen LogP contribution in [0.15, 0.2) is 49.3 Å². The van der Waals surface area contributed by atoms with Crippen LogP contribution in [-0.2, 0) is 43.2 Å². The lowest BCUT2D eigenvalue weighted by Crippen LogP contribution is -2.58. The van der Waals surface area contributed by atoms with Gasteiger partial charge in [0.05, 0.1) is 18.7 Å². The summed E-state index contributed by atoms with van der Waals surface area (Å²) >= 11 is 0. The number of benzene rings is 1. The number of amides is 4. The topological polar surface area (TPSA) is 271 Å². The van der Waals surface area contributed by atoms with Gasteiger partial charge in [-0.2, -0.15) is 0 Å². The normalized spacial score (nSPS) is 13.7. The average molecular weight is 584 g/mol. The quantitative estimate of drug-likeness (QED) is 0.0894. The number of imidazole rings is 2. The molecule has 4 amide bonds. The van der Waals surface area contributed by atoms with E-state index in [4.69, 9.17) is 11.5 Å². The van der Waals surface area contributed by atoms with Gasteiger partial charge in [-0.3, -0.25) is 19.2 Å². The van der Waals surface area contributed by atoms with Crippen molar-refractivity contribution in [1.82, 2.24) is 35.9 Å². The van der Waals surface area contributed by atoms with Gasteiger partial charge >= 0.3 is 5.97 Å². The Balaban J connectivity index is 1.74. The highest BCUT2D eigenvalue weighted by Crippen LogP contribution is 2.11. The van der Waals surface area contributed by atoms with Gasteiger partial charge in [-0.1, -0.05) is 12.1 Å². The second-order valence-electron chi connectivity index (χ2n) is 9.57. The zero-order valence-electron chi connectivity index (χ0n) is 22.4. The van der Waals surface area contributed by atoms with Crippen LogP contribution >= 0.6 is 0 Å². The molecule has 2 aromatic heterocycles. The van der Waals surface area contributed by atoms with Crippen molar-refractivity contribution >= 4 is 29.6 Å². The van der Waals surface area contributed by atoms with Gasteiger partial charge in [-0.15, -0.1) is 0 Å². The zero-order chi connectivity index (χ0) is 30.6. The molecule has 0 radical (unpaired) electrons. The van der Waals surface area contributed by atoms with E-state index in [9.17, 15) is 34.2 Å². The van der Waals surface area contributed by atoms with Gasteiger partial charge in [0.1, 0.15) is 23.9 Å². The molecule has 0 aliphatic carbocycles. The minimum atomic E-state index is -1.35. The second-order valence-corrected chi connectivity index (χ2v) is 9.57. The van der Waals surface area contributed by atoms with Gasteiger partial charge in [0.2, 0.25) is 23.6 Å². The Kier molecular flexibility index (Phi) is 11.1. The van der Waals surface area contributed by atoms with Crippen molar-refractivity contribution in [2.75, 3.05) is 0 Å². The Labute approximate surface area is 239 Å². The number of hydrogen-bond acceptors (Lipinski definition) is 9. The van der Waals surface area contributed by atoms with E-state index in [1.165, 1.54) is 37.2 Å². The number of nitrogens with one attached hydrogen (secondary N) is 5. The van der Waals surface area contributed by atoms with Crippen LogP contribution in [0.4, 0.5) is 0 Å². The summed E-state index contributed by atoms with van der Waals surface area (Å²) in [5, 5.41) is 26.6. The van der Waals surface area contributed by atoms with E-state index in [1.54, 1.807) is 12.1 Å². The van der Waals surface area contributed by atoms with Crippen molar-refractivity contribution in [2.24, 2.45) is 11.5 Å². The van der Waals surface area contributed by atoms with Crippen LogP contribution in [0.3, 0.4) is 0 Å². The summed E-state index contributed by atoms with van der Waals surface area (Å²) in [5.74, 6) is -4.31. The van der Waals surface area contributed by atoms with E-state index in [0.29, 0.717) is 17.0 Å². The standard InChI is InChI=1S/C26H33N9O7/c27-18(7-14-1-3-17(36)4-2-14)23(38)33-19(5-6-22(28)37)24(39)34-20(8-15-10-29-12-31-15)25(40)35-21(26(41)42)9-16-11-30-13-32-16/h1-4,10-13,18-21,36H,5-9,27H2,(H2,28,37)(H,29,31)(H,30,32)(H,33,38)(H,34,39)(H,35,40)(H,41,42). The first-order valence-electron chi connectivity index (χ1n) is 12.9. The van der Waals surface area contributed by atoms with Gasteiger partial charge in [0.15, 0.2) is 0 Å². The largest absolute Gasteiger partial charge is 0.508 e. The van der Waals surface area contributed by atoms with Gasteiger partial charge in [0.25, 0.3) is 0 Å². The molecule has 0 aliphatic rings. The number of carboxylic acids is 1. The maximum Gasteiger partial charge on any atom is 0.326 e. The van der Waals surface area contributed by atoms with Crippen molar-refractivity contribution < 1.29 is 34.2 Å². The fourth-order valence-corrected chi connectivity index (χ4v) is 4.00. The zero-order valence-corrected chi connectivity index (χ0v) is 22.4. The molecule has 16 heteroatoms. The highest BCUT2D eigenvalue weighted by Gasteiger charge is 2.31. The molecule has 0 spiro atoms. The summed E-state index contributed by atoms with van der Waals surface area (Å²) < 4.78 is 0. The maximum atomic E-state index is 13.3. The minimum absolute atomic E-state index is 0.0460. The second kappa shape index (κ2) is 14.9. The lowest BCUT2D eigenvalue weighted by molar-refractivity contribution is -0.142. The monoisotopic (exact) mass is 583 g/mol. The third kappa shape index (κ3) is 9.74. The van der Waals surface area contributed by atoms with E-state index in [-0.39, 0.29) is 37.9 Å². The summed E-state index contributed by atoms with van der Waals surface area (Å²) in [5.41, 5.74) is 12.9. The molecular formula is C26H33N9O7. The van der Waals surface area contributed by atoms with Crippen molar-refractivity contribution in [2.45, 2.75) is 56.3 Å². The molecule has 0 saturated carbocycles. The number of aromatic nitrogens is 4. The molecular weight excluding hydrogens is 550 g/mol. The predicted octanol–water partition coefficient (Wildman–Crippen LogP) is -2.00. The third-order valence-electron chi connectivity index (χ3n) is 6.25. The van der Waals surface area contributed by atoms with Crippen LogP contribution in [0.2, 0.25) is 0 Å². The summed E-state index contributed by atoms with van der Waals surface area (Å²) in [7, 11) is 0. The number of H-pyrrole nitrogens is 2. The number of carbonyl (C=O) groups is 5. The minimum Gasteiger partial charge on any atom is -0.508 e. The Morgan fingerprint density at radius 3 is 1.83 bits per heavy atom. The molecule has 224 valence electrons. The van der Waals surface area contributed by atoms with Crippen LogP contribution in [0.1, 0.15) is 29.8 Å². The summed E-state index contributed by atoms with van der Waals surface area (Å²) in [6.07, 6.45) is 5.05. The molecule has 3 rings (SSSR count). The van der Waals surface area contributed by atoms with Crippen LogP contribution in [0.25, 0.3) is 0 Å². The molecule has 4 atom stereocenters. The molecule has 0 fully saturated rings. The number of hydrogen-bond donors (Lipinski definition) is 9. The highest BCUT2D eigenvalue weighted by atomic mass is 16.4. The molecule has 1 aromatic carbocycles. The van der Waals surface area contributed by atoms with Crippen LogP contribution in [0.5, 0.6) is 5.75 Å². The number of phenols is 1. The molecule has 11 N–H and O–H groups in total. The Morgan fingerprint density at radius 2 is 1.31 bits per heavy atom. The summed E-state index contributed by atoms with van der Waals surface area (Å²) in [6, 6.07) is 1.05. The van der Waals surface area contributed by atoms with Crippen molar-refractivity contribution in [3.05, 3.63) is 66.3 Å². The van der Waals surface area contributed by atoms with E-state index in [2.05, 4.69) is 35.9 Å². The molecule has 2 heterocycles.